The van der Waals surface area contributed by atoms with Crippen molar-refractivity contribution in [2.75, 3.05) is 11.9 Å². The molecular weight excluding hydrogens is 294 g/mol. The van der Waals surface area contributed by atoms with Crippen LogP contribution in [0.4, 0.5) is 5.69 Å². The van der Waals surface area contributed by atoms with Crippen molar-refractivity contribution in [3.05, 3.63) is 33.7 Å². The Balaban J connectivity index is 2.82. The molecule has 0 saturated heterocycles. The van der Waals surface area contributed by atoms with Crippen LogP contribution in [0.3, 0.4) is 0 Å². The number of nitrogens with zero attached hydrogens (tertiary/aromatic N) is 2. The molecule has 0 saturated carbocycles. The van der Waals surface area contributed by atoms with E-state index in [9.17, 15) is 4.79 Å². The van der Waals surface area contributed by atoms with E-state index in [2.05, 4.69) is 46.8 Å². The van der Waals surface area contributed by atoms with Crippen molar-refractivity contribution in [3.8, 4) is 0 Å². The molecule has 1 N–H and O–H groups in total. The highest BCUT2D eigenvalue weighted by molar-refractivity contribution is 9.10. The topological polar surface area (TPSA) is 46.9 Å². The van der Waals surface area contributed by atoms with Crippen LogP contribution in [-0.4, -0.2) is 16.3 Å². The minimum absolute atomic E-state index is 0.135. The van der Waals surface area contributed by atoms with E-state index in [1.807, 2.05) is 0 Å². The molecule has 0 aromatic carbocycles. The van der Waals surface area contributed by atoms with Gasteiger partial charge >= 0.3 is 0 Å². The average molecular weight is 314 g/mol. The van der Waals surface area contributed by atoms with Crippen LogP contribution in [0, 0.1) is 5.92 Å². The standard InChI is InChI=1S/C13H20BrN3O/c1-4-7-17-13(18)12(14)11(9-16-17)15-8-10(5-2)6-3/h4,9-10,15H,1,5-8H2,2-3H3. The van der Waals surface area contributed by atoms with Gasteiger partial charge in [-0.2, -0.15) is 5.10 Å². The monoisotopic (exact) mass is 313 g/mol. The molecule has 0 bridgehead atoms. The van der Waals surface area contributed by atoms with Crippen LogP contribution in [0.25, 0.3) is 0 Å². The third-order valence-electron chi connectivity index (χ3n) is 3.02. The Morgan fingerprint density at radius 2 is 2.22 bits per heavy atom. The van der Waals surface area contributed by atoms with E-state index in [-0.39, 0.29) is 5.56 Å². The SMILES string of the molecule is C=CCn1ncc(NCC(CC)CC)c(Br)c1=O. The van der Waals surface area contributed by atoms with E-state index in [1.54, 1.807) is 12.3 Å². The van der Waals surface area contributed by atoms with Gasteiger partial charge in [-0.3, -0.25) is 4.79 Å². The van der Waals surface area contributed by atoms with Gasteiger partial charge in [-0.05, 0) is 21.8 Å². The van der Waals surface area contributed by atoms with Crippen LogP contribution in [0.5, 0.6) is 0 Å². The van der Waals surface area contributed by atoms with Gasteiger partial charge in [-0.15, -0.1) is 6.58 Å². The van der Waals surface area contributed by atoms with Gasteiger partial charge < -0.3 is 5.32 Å². The smallest absolute Gasteiger partial charge is 0.283 e. The normalized spacial score (nSPS) is 10.7. The molecule has 0 spiro atoms. The first-order valence-corrected chi connectivity index (χ1v) is 7.03. The molecule has 4 nitrogen and oxygen atoms in total. The number of hydrogen-bond acceptors (Lipinski definition) is 3. The molecule has 0 radical (unpaired) electrons. The van der Waals surface area contributed by atoms with Crippen molar-refractivity contribution >= 4 is 21.6 Å². The molecule has 5 heteroatoms. The van der Waals surface area contributed by atoms with Crippen molar-refractivity contribution in [3.63, 3.8) is 0 Å². The maximum absolute atomic E-state index is 11.9. The lowest BCUT2D eigenvalue weighted by molar-refractivity contribution is 0.518. The highest BCUT2D eigenvalue weighted by atomic mass is 79.9. The second-order valence-electron chi connectivity index (χ2n) is 4.21. The largest absolute Gasteiger partial charge is 0.382 e. The van der Waals surface area contributed by atoms with Crippen molar-refractivity contribution in [2.45, 2.75) is 33.2 Å². The molecule has 0 amide bonds. The maximum atomic E-state index is 11.9. The zero-order chi connectivity index (χ0) is 13.5. The Hall–Kier alpha value is -1.10. The molecule has 0 atom stereocenters. The Labute approximate surface area is 116 Å². The molecule has 1 rings (SSSR count). The number of rotatable bonds is 7. The summed E-state index contributed by atoms with van der Waals surface area (Å²) in [4.78, 5) is 11.9. The molecule has 0 aliphatic heterocycles. The van der Waals surface area contributed by atoms with Gasteiger partial charge in [0.15, 0.2) is 0 Å². The summed E-state index contributed by atoms with van der Waals surface area (Å²) >= 11 is 3.32. The van der Waals surface area contributed by atoms with Gasteiger partial charge in [0, 0.05) is 6.54 Å². The molecule has 0 aliphatic carbocycles. The van der Waals surface area contributed by atoms with Crippen LogP contribution in [0.2, 0.25) is 0 Å². The summed E-state index contributed by atoms with van der Waals surface area (Å²) < 4.78 is 1.91. The molecule has 0 unspecified atom stereocenters. The van der Waals surface area contributed by atoms with Gasteiger partial charge in [0.2, 0.25) is 0 Å². The fourth-order valence-corrected chi connectivity index (χ4v) is 2.12. The van der Waals surface area contributed by atoms with E-state index in [1.165, 1.54) is 4.68 Å². The van der Waals surface area contributed by atoms with Crippen LogP contribution < -0.4 is 10.9 Å². The zero-order valence-electron chi connectivity index (χ0n) is 10.9. The predicted octanol–water partition coefficient (Wildman–Crippen LogP) is 3.04. The first kappa shape index (κ1) is 15.0. The minimum atomic E-state index is -0.135. The summed E-state index contributed by atoms with van der Waals surface area (Å²) in [5, 5.41) is 7.38. The highest BCUT2D eigenvalue weighted by Crippen LogP contribution is 2.17. The molecule has 100 valence electrons. The zero-order valence-corrected chi connectivity index (χ0v) is 12.5. The van der Waals surface area contributed by atoms with Gasteiger partial charge in [0.05, 0.1) is 18.4 Å². The van der Waals surface area contributed by atoms with E-state index < -0.39 is 0 Å². The summed E-state index contributed by atoms with van der Waals surface area (Å²) in [6, 6.07) is 0. The van der Waals surface area contributed by atoms with E-state index in [0.29, 0.717) is 16.9 Å². The van der Waals surface area contributed by atoms with Gasteiger partial charge in [-0.25, -0.2) is 4.68 Å². The third kappa shape index (κ3) is 3.70. The van der Waals surface area contributed by atoms with Crippen molar-refractivity contribution in [1.82, 2.24) is 9.78 Å². The summed E-state index contributed by atoms with van der Waals surface area (Å²) in [5.74, 6) is 0.618. The summed E-state index contributed by atoms with van der Waals surface area (Å²) in [6.45, 7) is 9.22. The number of anilines is 1. The Bertz CT molecular complexity index is 452. The summed E-state index contributed by atoms with van der Waals surface area (Å²) in [6.07, 6.45) is 5.58. The third-order valence-corrected chi connectivity index (χ3v) is 3.79. The van der Waals surface area contributed by atoms with Gasteiger partial charge in [-0.1, -0.05) is 32.8 Å². The lowest BCUT2D eigenvalue weighted by Crippen LogP contribution is -2.24. The van der Waals surface area contributed by atoms with Gasteiger partial charge in [0.25, 0.3) is 5.56 Å². The number of allylic oxidation sites excluding steroid dienone is 1. The first-order chi connectivity index (χ1) is 8.63. The maximum Gasteiger partial charge on any atom is 0.283 e. The van der Waals surface area contributed by atoms with Crippen LogP contribution in [-0.2, 0) is 6.54 Å². The van der Waals surface area contributed by atoms with E-state index >= 15 is 0 Å². The van der Waals surface area contributed by atoms with E-state index in [4.69, 9.17) is 0 Å². The molecule has 1 aromatic heterocycles. The Kier molecular flexibility index (Phi) is 6.12. The number of hydrogen-bond donors (Lipinski definition) is 1. The number of aromatic nitrogens is 2. The molecule has 18 heavy (non-hydrogen) atoms. The van der Waals surface area contributed by atoms with Crippen molar-refractivity contribution < 1.29 is 0 Å². The predicted molar refractivity (Wildman–Crippen MR) is 79.0 cm³/mol. The van der Waals surface area contributed by atoms with Crippen LogP contribution >= 0.6 is 15.9 Å². The second kappa shape index (κ2) is 7.36. The molecule has 0 fully saturated rings. The highest BCUT2D eigenvalue weighted by Gasteiger charge is 2.09. The van der Waals surface area contributed by atoms with Crippen LogP contribution in [0.1, 0.15) is 26.7 Å². The van der Waals surface area contributed by atoms with Crippen LogP contribution in [0.15, 0.2) is 28.1 Å². The first-order valence-electron chi connectivity index (χ1n) is 6.24. The summed E-state index contributed by atoms with van der Waals surface area (Å²) in [7, 11) is 0. The Morgan fingerprint density at radius 3 is 2.78 bits per heavy atom. The lowest BCUT2D eigenvalue weighted by Gasteiger charge is -2.15. The summed E-state index contributed by atoms with van der Waals surface area (Å²) in [5.41, 5.74) is 0.622. The second-order valence-corrected chi connectivity index (χ2v) is 5.00. The number of halogens is 1. The molecule has 1 aromatic rings. The van der Waals surface area contributed by atoms with Crippen molar-refractivity contribution in [2.24, 2.45) is 5.92 Å². The Morgan fingerprint density at radius 1 is 1.56 bits per heavy atom. The quantitative estimate of drug-likeness (QED) is 0.787. The fraction of sp³-hybridized carbons (Fsp3) is 0.538. The molecule has 0 aliphatic rings. The minimum Gasteiger partial charge on any atom is -0.382 e. The van der Waals surface area contributed by atoms with E-state index in [0.717, 1.165) is 25.1 Å². The lowest BCUT2D eigenvalue weighted by atomic mass is 10.0. The fourth-order valence-electron chi connectivity index (χ4n) is 1.67. The number of nitrogens with one attached hydrogen (secondary N) is 1. The van der Waals surface area contributed by atoms with Gasteiger partial charge in [0.1, 0.15) is 4.47 Å². The average Bonchev–Trinajstić information content (AvgIpc) is 2.38. The van der Waals surface area contributed by atoms with Crippen molar-refractivity contribution in [1.29, 1.82) is 0 Å². The molecular formula is C13H20BrN3O. The molecule has 1 heterocycles.